The number of hydrogen-bond acceptors (Lipinski definition) is 4. The molecule has 0 saturated heterocycles. The zero-order valence-corrected chi connectivity index (χ0v) is 15.4. The van der Waals surface area contributed by atoms with E-state index in [4.69, 9.17) is 16.3 Å². The van der Waals surface area contributed by atoms with Crippen LogP contribution in [0, 0.1) is 20.8 Å². The molecule has 0 aliphatic heterocycles. The van der Waals surface area contributed by atoms with Gasteiger partial charge in [-0.1, -0.05) is 29.8 Å². The van der Waals surface area contributed by atoms with Crippen LogP contribution in [0.15, 0.2) is 48.9 Å². The molecule has 26 heavy (non-hydrogen) atoms. The van der Waals surface area contributed by atoms with Gasteiger partial charge in [0.05, 0.1) is 11.9 Å². The molecular weight excluding hydrogens is 348 g/mol. The fourth-order valence-corrected chi connectivity index (χ4v) is 2.90. The standard InChI is InChI=1S/C20H17ClN4O/c1-12-4-5-14(3)18(8-12)26-20-16-10-24-25(19(16)22-11-23-20)15-7-6-13(2)17(21)9-15/h4-11H,1-3H3. The molecule has 0 unspecified atom stereocenters. The summed E-state index contributed by atoms with van der Waals surface area (Å²) in [5.41, 5.74) is 4.69. The fraction of sp³-hybridized carbons (Fsp3) is 0.150. The average molecular weight is 365 g/mol. The van der Waals surface area contributed by atoms with Crippen molar-refractivity contribution in [1.82, 2.24) is 19.7 Å². The Morgan fingerprint density at radius 2 is 1.77 bits per heavy atom. The quantitative estimate of drug-likeness (QED) is 0.502. The number of nitrogens with zero attached hydrogens (tertiary/aromatic N) is 4. The summed E-state index contributed by atoms with van der Waals surface area (Å²) in [5.74, 6) is 1.25. The van der Waals surface area contributed by atoms with Crippen LogP contribution >= 0.6 is 11.6 Å². The Labute approximate surface area is 156 Å². The average Bonchev–Trinajstić information content (AvgIpc) is 3.06. The van der Waals surface area contributed by atoms with Gasteiger partial charge in [-0.15, -0.1) is 0 Å². The molecule has 0 saturated carbocycles. The smallest absolute Gasteiger partial charge is 0.233 e. The van der Waals surface area contributed by atoms with Gasteiger partial charge in [-0.05, 0) is 55.7 Å². The van der Waals surface area contributed by atoms with Crippen LogP contribution in [0.25, 0.3) is 16.7 Å². The Morgan fingerprint density at radius 3 is 2.58 bits per heavy atom. The number of rotatable bonds is 3. The summed E-state index contributed by atoms with van der Waals surface area (Å²) < 4.78 is 7.80. The zero-order chi connectivity index (χ0) is 18.3. The van der Waals surface area contributed by atoms with Gasteiger partial charge in [-0.2, -0.15) is 5.10 Å². The summed E-state index contributed by atoms with van der Waals surface area (Å²) in [6, 6.07) is 11.9. The Morgan fingerprint density at radius 1 is 0.962 bits per heavy atom. The van der Waals surface area contributed by atoms with E-state index in [2.05, 4.69) is 21.1 Å². The lowest BCUT2D eigenvalue weighted by Gasteiger charge is -2.09. The summed E-state index contributed by atoms with van der Waals surface area (Å²) in [5, 5.41) is 5.88. The first-order chi connectivity index (χ1) is 12.5. The Balaban J connectivity index is 1.80. The van der Waals surface area contributed by atoms with Gasteiger partial charge in [0.2, 0.25) is 5.88 Å². The molecule has 2 aromatic carbocycles. The first-order valence-electron chi connectivity index (χ1n) is 8.23. The number of fused-ring (bicyclic) bond motifs is 1. The van der Waals surface area contributed by atoms with E-state index in [1.807, 2.05) is 51.1 Å². The highest BCUT2D eigenvalue weighted by Gasteiger charge is 2.14. The largest absolute Gasteiger partial charge is 0.438 e. The highest BCUT2D eigenvalue weighted by molar-refractivity contribution is 6.31. The van der Waals surface area contributed by atoms with Gasteiger partial charge in [0.1, 0.15) is 17.5 Å². The van der Waals surface area contributed by atoms with Crippen LogP contribution in [0.5, 0.6) is 11.6 Å². The van der Waals surface area contributed by atoms with Gasteiger partial charge >= 0.3 is 0 Å². The van der Waals surface area contributed by atoms with Crippen LogP contribution in [0.4, 0.5) is 0 Å². The van der Waals surface area contributed by atoms with Crippen LogP contribution in [0.2, 0.25) is 5.02 Å². The second kappa shape index (κ2) is 6.42. The number of aromatic nitrogens is 4. The molecule has 0 fully saturated rings. The molecule has 0 bridgehead atoms. The molecule has 4 rings (SSSR count). The van der Waals surface area contributed by atoms with Gasteiger partial charge in [-0.25, -0.2) is 14.6 Å². The minimum absolute atomic E-state index is 0.480. The Hall–Kier alpha value is -2.92. The predicted molar refractivity (Wildman–Crippen MR) is 102 cm³/mol. The molecule has 2 aromatic heterocycles. The summed E-state index contributed by atoms with van der Waals surface area (Å²) in [4.78, 5) is 8.68. The van der Waals surface area contributed by atoms with Crippen molar-refractivity contribution in [1.29, 1.82) is 0 Å². The molecule has 0 aliphatic carbocycles. The number of benzene rings is 2. The van der Waals surface area contributed by atoms with Crippen LogP contribution < -0.4 is 4.74 Å². The maximum atomic E-state index is 6.25. The van der Waals surface area contributed by atoms with Gasteiger partial charge in [0.25, 0.3) is 0 Å². The maximum absolute atomic E-state index is 6.25. The van der Waals surface area contributed by atoms with E-state index < -0.39 is 0 Å². The van der Waals surface area contributed by atoms with Gasteiger partial charge in [-0.3, -0.25) is 0 Å². The number of halogens is 1. The highest BCUT2D eigenvalue weighted by Crippen LogP contribution is 2.30. The van der Waals surface area contributed by atoms with E-state index >= 15 is 0 Å². The molecule has 2 heterocycles. The fourth-order valence-electron chi connectivity index (χ4n) is 2.73. The summed E-state index contributed by atoms with van der Waals surface area (Å²) in [6.45, 7) is 6.00. The molecule has 0 spiro atoms. The molecule has 0 amide bonds. The SMILES string of the molecule is Cc1ccc(C)c(Oc2ncnc3c2cnn3-c2ccc(C)c(Cl)c2)c1. The molecule has 0 radical (unpaired) electrons. The molecule has 5 nitrogen and oxygen atoms in total. The minimum atomic E-state index is 0.480. The number of aryl methyl sites for hydroxylation is 3. The van der Waals surface area contributed by atoms with Crippen molar-refractivity contribution in [3.05, 3.63) is 70.6 Å². The summed E-state index contributed by atoms with van der Waals surface area (Å²) in [6.07, 6.45) is 3.19. The second-order valence-corrected chi connectivity index (χ2v) is 6.68. The van der Waals surface area contributed by atoms with Crippen LogP contribution in [-0.4, -0.2) is 19.7 Å². The molecular formula is C20H17ClN4O. The van der Waals surface area contributed by atoms with Crippen LogP contribution in [-0.2, 0) is 0 Å². The van der Waals surface area contributed by atoms with Crippen molar-refractivity contribution in [2.24, 2.45) is 0 Å². The predicted octanol–water partition coefficient (Wildman–Crippen LogP) is 5.19. The van der Waals surface area contributed by atoms with Crippen molar-refractivity contribution >= 4 is 22.6 Å². The molecule has 0 atom stereocenters. The van der Waals surface area contributed by atoms with E-state index in [9.17, 15) is 0 Å². The summed E-state index contributed by atoms with van der Waals surface area (Å²) in [7, 11) is 0. The number of hydrogen-bond donors (Lipinski definition) is 0. The molecule has 4 aromatic rings. The first-order valence-corrected chi connectivity index (χ1v) is 8.61. The normalized spacial score (nSPS) is 11.1. The van der Waals surface area contributed by atoms with E-state index in [0.29, 0.717) is 16.5 Å². The third kappa shape index (κ3) is 2.91. The topological polar surface area (TPSA) is 52.8 Å². The van der Waals surface area contributed by atoms with E-state index in [1.54, 1.807) is 10.9 Å². The van der Waals surface area contributed by atoms with Gasteiger partial charge in [0, 0.05) is 5.02 Å². The summed E-state index contributed by atoms with van der Waals surface area (Å²) >= 11 is 6.25. The lowest BCUT2D eigenvalue weighted by atomic mass is 10.1. The van der Waals surface area contributed by atoms with Crippen molar-refractivity contribution in [3.8, 4) is 17.3 Å². The minimum Gasteiger partial charge on any atom is -0.438 e. The van der Waals surface area contributed by atoms with E-state index in [1.165, 1.54) is 6.33 Å². The maximum Gasteiger partial charge on any atom is 0.233 e. The Kier molecular flexibility index (Phi) is 4.09. The molecule has 0 N–H and O–H groups in total. The third-order valence-electron chi connectivity index (χ3n) is 4.28. The van der Waals surface area contributed by atoms with Crippen molar-refractivity contribution in [3.63, 3.8) is 0 Å². The Bertz CT molecular complexity index is 1120. The van der Waals surface area contributed by atoms with E-state index in [0.717, 1.165) is 33.5 Å². The van der Waals surface area contributed by atoms with Crippen molar-refractivity contribution in [2.45, 2.75) is 20.8 Å². The molecule has 130 valence electrons. The van der Waals surface area contributed by atoms with Crippen molar-refractivity contribution in [2.75, 3.05) is 0 Å². The second-order valence-electron chi connectivity index (χ2n) is 6.28. The zero-order valence-electron chi connectivity index (χ0n) is 14.7. The molecule has 0 aliphatic rings. The number of ether oxygens (including phenoxy) is 1. The van der Waals surface area contributed by atoms with Crippen LogP contribution in [0.1, 0.15) is 16.7 Å². The van der Waals surface area contributed by atoms with Crippen molar-refractivity contribution < 1.29 is 4.74 Å². The van der Waals surface area contributed by atoms with Gasteiger partial charge < -0.3 is 4.74 Å². The molecule has 6 heteroatoms. The highest BCUT2D eigenvalue weighted by atomic mass is 35.5. The monoisotopic (exact) mass is 364 g/mol. The van der Waals surface area contributed by atoms with E-state index in [-0.39, 0.29) is 0 Å². The van der Waals surface area contributed by atoms with Gasteiger partial charge in [0.15, 0.2) is 5.65 Å². The lowest BCUT2D eigenvalue weighted by Crippen LogP contribution is -1.99. The first kappa shape index (κ1) is 16.5. The third-order valence-corrected chi connectivity index (χ3v) is 4.69. The lowest BCUT2D eigenvalue weighted by molar-refractivity contribution is 0.464. The van der Waals surface area contributed by atoms with Crippen LogP contribution in [0.3, 0.4) is 0 Å².